The van der Waals surface area contributed by atoms with E-state index in [0.717, 1.165) is 16.8 Å². The Morgan fingerprint density at radius 3 is 2.81 bits per heavy atom. The number of hydrogen-bond acceptors (Lipinski definition) is 3. The van der Waals surface area contributed by atoms with Gasteiger partial charge in [-0.1, -0.05) is 0 Å². The third-order valence-corrected chi connectivity index (χ3v) is 3.58. The Balaban J connectivity index is 2.53. The number of aryl methyl sites for hydroxylation is 2. The largest absolute Gasteiger partial charge is 0.461 e. The number of carbonyl (C=O) groups is 1. The van der Waals surface area contributed by atoms with Crippen LogP contribution in [0.1, 0.15) is 29.2 Å². The van der Waals surface area contributed by atoms with E-state index in [2.05, 4.69) is 13.0 Å². The Morgan fingerprint density at radius 2 is 2.19 bits per heavy atom. The summed E-state index contributed by atoms with van der Waals surface area (Å²) in [4.78, 5) is 14.2. The van der Waals surface area contributed by atoms with Crippen molar-refractivity contribution < 1.29 is 9.53 Å². The van der Waals surface area contributed by atoms with Crippen LogP contribution in [-0.4, -0.2) is 17.1 Å². The Labute approximate surface area is 98.6 Å². The fourth-order valence-electron chi connectivity index (χ4n) is 1.86. The lowest BCUT2D eigenvalue weighted by atomic mass is 10.3. The molecular formula is C12H15NO2S. The summed E-state index contributed by atoms with van der Waals surface area (Å²) >= 11 is 1.71. The van der Waals surface area contributed by atoms with Crippen LogP contribution in [0.15, 0.2) is 12.1 Å². The highest BCUT2D eigenvalue weighted by Gasteiger charge is 2.16. The second-order valence-electron chi connectivity index (χ2n) is 3.61. The van der Waals surface area contributed by atoms with E-state index in [0.29, 0.717) is 12.3 Å². The fourth-order valence-corrected chi connectivity index (χ4v) is 2.92. The van der Waals surface area contributed by atoms with Gasteiger partial charge in [0.15, 0.2) is 0 Å². The zero-order valence-corrected chi connectivity index (χ0v) is 10.6. The summed E-state index contributed by atoms with van der Waals surface area (Å²) in [7, 11) is 0. The molecule has 0 amide bonds. The van der Waals surface area contributed by atoms with Crippen molar-refractivity contribution in [2.75, 3.05) is 6.61 Å². The van der Waals surface area contributed by atoms with E-state index in [1.807, 2.05) is 24.5 Å². The van der Waals surface area contributed by atoms with Gasteiger partial charge < -0.3 is 9.30 Å². The summed E-state index contributed by atoms with van der Waals surface area (Å²) in [6.07, 6.45) is 0. The minimum absolute atomic E-state index is 0.231. The molecule has 0 aliphatic heterocycles. The van der Waals surface area contributed by atoms with E-state index in [9.17, 15) is 4.79 Å². The first-order chi connectivity index (χ1) is 7.67. The van der Waals surface area contributed by atoms with Gasteiger partial charge in [-0.2, -0.15) is 0 Å². The molecule has 0 saturated carbocycles. The molecule has 0 spiro atoms. The number of esters is 1. The van der Waals surface area contributed by atoms with E-state index in [4.69, 9.17) is 4.74 Å². The molecule has 0 saturated heterocycles. The van der Waals surface area contributed by atoms with Crippen molar-refractivity contribution in [3.05, 3.63) is 22.7 Å². The lowest BCUT2D eigenvalue weighted by molar-refractivity contribution is 0.0514. The molecule has 4 heteroatoms. The molecule has 0 aliphatic rings. The standard InChI is InChI=1S/C12H15NO2S/c1-4-13-10(12(14)15-5-2)7-9-6-8(3)16-11(9)13/h6-7H,4-5H2,1-3H3. The molecule has 0 fully saturated rings. The summed E-state index contributed by atoms with van der Waals surface area (Å²) in [5.41, 5.74) is 0.658. The van der Waals surface area contributed by atoms with Gasteiger partial charge in [-0.3, -0.25) is 0 Å². The van der Waals surface area contributed by atoms with Crippen LogP contribution >= 0.6 is 11.3 Å². The van der Waals surface area contributed by atoms with Crippen molar-refractivity contribution in [2.24, 2.45) is 0 Å². The van der Waals surface area contributed by atoms with E-state index >= 15 is 0 Å². The Morgan fingerprint density at radius 1 is 1.44 bits per heavy atom. The molecule has 2 rings (SSSR count). The van der Waals surface area contributed by atoms with Gasteiger partial charge in [0.25, 0.3) is 0 Å². The van der Waals surface area contributed by atoms with Gasteiger partial charge in [0.05, 0.1) is 6.61 Å². The summed E-state index contributed by atoms with van der Waals surface area (Å²) in [5.74, 6) is -0.231. The predicted octanol–water partition coefficient (Wildman–Crippen LogP) is 3.21. The minimum Gasteiger partial charge on any atom is -0.461 e. The number of hydrogen-bond donors (Lipinski definition) is 0. The topological polar surface area (TPSA) is 31.2 Å². The number of aromatic nitrogens is 1. The molecular weight excluding hydrogens is 222 g/mol. The number of thiophene rings is 1. The molecule has 0 bridgehead atoms. The van der Waals surface area contributed by atoms with Crippen molar-refractivity contribution >= 4 is 27.5 Å². The van der Waals surface area contributed by atoms with Crippen LogP contribution in [0.25, 0.3) is 10.2 Å². The first kappa shape index (κ1) is 11.2. The molecule has 2 aromatic heterocycles. The lowest BCUT2D eigenvalue weighted by Gasteiger charge is -2.05. The molecule has 86 valence electrons. The van der Waals surface area contributed by atoms with E-state index in [1.165, 1.54) is 4.88 Å². The first-order valence-electron chi connectivity index (χ1n) is 5.44. The third kappa shape index (κ3) is 1.73. The average molecular weight is 237 g/mol. The zero-order chi connectivity index (χ0) is 11.7. The Hall–Kier alpha value is -1.29. The van der Waals surface area contributed by atoms with Crippen LogP contribution in [0.5, 0.6) is 0 Å². The molecule has 0 atom stereocenters. The summed E-state index contributed by atoms with van der Waals surface area (Å²) in [5, 5.41) is 1.13. The SMILES string of the molecule is CCOC(=O)c1cc2cc(C)sc2n1CC. The molecule has 0 N–H and O–H groups in total. The van der Waals surface area contributed by atoms with E-state index in [-0.39, 0.29) is 5.97 Å². The fraction of sp³-hybridized carbons (Fsp3) is 0.417. The maximum Gasteiger partial charge on any atom is 0.354 e. The van der Waals surface area contributed by atoms with Crippen LogP contribution in [0, 0.1) is 6.92 Å². The van der Waals surface area contributed by atoms with Gasteiger partial charge in [-0.05, 0) is 32.9 Å². The molecule has 2 heterocycles. The molecule has 0 unspecified atom stereocenters. The van der Waals surface area contributed by atoms with Gasteiger partial charge in [0.1, 0.15) is 10.5 Å². The maximum absolute atomic E-state index is 11.7. The summed E-state index contributed by atoms with van der Waals surface area (Å²) in [6, 6.07) is 4.02. The molecule has 0 radical (unpaired) electrons. The second kappa shape index (κ2) is 4.29. The third-order valence-electron chi connectivity index (χ3n) is 2.49. The van der Waals surface area contributed by atoms with Gasteiger partial charge in [-0.15, -0.1) is 11.3 Å². The van der Waals surface area contributed by atoms with Crippen molar-refractivity contribution in [1.82, 2.24) is 4.57 Å². The van der Waals surface area contributed by atoms with Crippen LogP contribution < -0.4 is 0 Å². The predicted molar refractivity (Wildman–Crippen MR) is 66.2 cm³/mol. The first-order valence-corrected chi connectivity index (χ1v) is 6.25. The Bertz CT molecular complexity index is 524. The quantitative estimate of drug-likeness (QED) is 0.768. The highest BCUT2D eigenvalue weighted by atomic mass is 32.1. The van der Waals surface area contributed by atoms with Gasteiger partial charge in [0, 0.05) is 16.8 Å². The van der Waals surface area contributed by atoms with Crippen molar-refractivity contribution in [3.8, 4) is 0 Å². The average Bonchev–Trinajstić information content (AvgIpc) is 2.73. The van der Waals surface area contributed by atoms with Crippen LogP contribution in [-0.2, 0) is 11.3 Å². The number of nitrogens with zero attached hydrogens (tertiary/aromatic N) is 1. The van der Waals surface area contributed by atoms with Gasteiger partial charge >= 0.3 is 5.97 Å². The number of rotatable bonds is 3. The number of fused-ring (bicyclic) bond motifs is 1. The smallest absolute Gasteiger partial charge is 0.354 e. The normalized spacial score (nSPS) is 10.9. The van der Waals surface area contributed by atoms with Crippen molar-refractivity contribution in [3.63, 3.8) is 0 Å². The van der Waals surface area contributed by atoms with Crippen LogP contribution in [0.4, 0.5) is 0 Å². The van der Waals surface area contributed by atoms with Gasteiger partial charge in [-0.25, -0.2) is 4.79 Å². The van der Waals surface area contributed by atoms with E-state index in [1.54, 1.807) is 11.3 Å². The molecule has 2 aromatic rings. The Kier molecular flexibility index (Phi) is 3.01. The van der Waals surface area contributed by atoms with Crippen molar-refractivity contribution in [2.45, 2.75) is 27.3 Å². The second-order valence-corrected chi connectivity index (χ2v) is 4.85. The zero-order valence-electron chi connectivity index (χ0n) is 9.74. The molecule has 0 aromatic carbocycles. The maximum atomic E-state index is 11.7. The highest BCUT2D eigenvalue weighted by molar-refractivity contribution is 7.18. The molecule has 16 heavy (non-hydrogen) atoms. The van der Waals surface area contributed by atoms with Gasteiger partial charge in [0.2, 0.25) is 0 Å². The van der Waals surface area contributed by atoms with Crippen molar-refractivity contribution in [1.29, 1.82) is 0 Å². The number of carbonyl (C=O) groups excluding carboxylic acids is 1. The number of ether oxygens (including phenoxy) is 1. The minimum atomic E-state index is -0.231. The molecule has 0 aliphatic carbocycles. The van der Waals surface area contributed by atoms with Crippen LogP contribution in [0.3, 0.4) is 0 Å². The lowest BCUT2D eigenvalue weighted by Crippen LogP contribution is -2.10. The summed E-state index contributed by atoms with van der Waals surface area (Å²) < 4.78 is 7.06. The summed E-state index contributed by atoms with van der Waals surface area (Å²) in [6.45, 7) is 7.15. The highest BCUT2D eigenvalue weighted by Crippen LogP contribution is 2.28. The molecule has 3 nitrogen and oxygen atoms in total. The van der Waals surface area contributed by atoms with E-state index < -0.39 is 0 Å². The van der Waals surface area contributed by atoms with Crippen LogP contribution in [0.2, 0.25) is 0 Å². The monoisotopic (exact) mass is 237 g/mol.